The van der Waals surface area contributed by atoms with Crippen molar-refractivity contribution in [3.8, 4) is 5.75 Å². The van der Waals surface area contributed by atoms with Gasteiger partial charge >= 0.3 is 5.97 Å². The van der Waals surface area contributed by atoms with E-state index in [9.17, 15) is 4.79 Å². The molecule has 92 valence electrons. The van der Waals surface area contributed by atoms with Crippen LogP contribution >= 0.6 is 0 Å². The van der Waals surface area contributed by atoms with Crippen molar-refractivity contribution in [3.05, 3.63) is 29.3 Å². The van der Waals surface area contributed by atoms with Crippen molar-refractivity contribution in [3.63, 3.8) is 0 Å². The zero-order chi connectivity index (χ0) is 12.1. The van der Waals surface area contributed by atoms with Crippen LogP contribution in [0.5, 0.6) is 5.75 Å². The minimum absolute atomic E-state index is 0.172. The number of hydrogen-bond donors (Lipinski definition) is 1. The smallest absolute Gasteiger partial charge is 0.303 e. The summed E-state index contributed by atoms with van der Waals surface area (Å²) in [6.07, 6.45) is 5.59. The van der Waals surface area contributed by atoms with Crippen molar-refractivity contribution < 1.29 is 14.6 Å². The molecule has 1 N–H and O–H groups in total. The molecule has 0 saturated heterocycles. The largest absolute Gasteiger partial charge is 0.494 e. The summed E-state index contributed by atoms with van der Waals surface area (Å²) in [7, 11) is 0. The van der Waals surface area contributed by atoms with Gasteiger partial charge in [0.25, 0.3) is 0 Å². The van der Waals surface area contributed by atoms with Gasteiger partial charge in [-0.15, -0.1) is 0 Å². The average molecular weight is 234 g/mol. The van der Waals surface area contributed by atoms with Crippen molar-refractivity contribution in [2.75, 3.05) is 6.61 Å². The number of fused-ring (bicyclic) bond motifs is 1. The van der Waals surface area contributed by atoms with Crippen LogP contribution in [0.2, 0.25) is 0 Å². The Morgan fingerprint density at radius 2 is 2.00 bits per heavy atom. The van der Waals surface area contributed by atoms with E-state index in [1.165, 1.54) is 30.4 Å². The third-order valence-electron chi connectivity index (χ3n) is 3.12. The van der Waals surface area contributed by atoms with E-state index in [-0.39, 0.29) is 6.42 Å². The zero-order valence-electron chi connectivity index (χ0n) is 9.95. The first kappa shape index (κ1) is 12.0. The molecular formula is C14H18O3. The number of aryl methyl sites for hydroxylation is 2. The molecule has 0 amide bonds. The van der Waals surface area contributed by atoms with E-state index in [1.54, 1.807) is 0 Å². The van der Waals surface area contributed by atoms with Gasteiger partial charge in [0.1, 0.15) is 5.75 Å². The highest BCUT2D eigenvalue weighted by Gasteiger charge is 2.09. The van der Waals surface area contributed by atoms with Crippen LogP contribution in [-0.2, 0) is 17.6 Å². The molecule has 0 radical (unpaired) electrons. The summed E-state index contributed by atoms with van der Waals surface area (Å²) in [5, 5.41) is 8.51. The molecule has 17 heavy (non-hydrogen) atoms. The molecule has 0 saturated carbocycles. The van der Waals surface area contributed by atoms with Crippen LogP contribution in [0.25, 0.3) is 0 Å². The van der Waals surface area contributed by atoms with Gasteiger partial charge in [0.2, 0.25) is 0 Å². The maximum Gasteiger partial charge on any atom is 0.303 e. The Morgan fingerprint density at radius 3 is 2.76 bits per heavy atom. The van der Waals surface area contributed by atoms with E-state index in [0.717, 1.165) is 12.2 Å². The fraction of sp³-hybridized carbons (Fsp3) is 0.500. The van der Waals surface area contributed by atoms with Gasteiger partial charge in [0.05, 0.1) is 6.61 Å². The quantitative estimate of drug-likeness (QED) is 0.797. The van der Waals surface area contributed by atoms with Gasteiger partial charge in [-0.1, -0.05) is 6.07 Å². The third kappa shape index (κ3) is 3.48. The molecule has 0 aromatic heterocycles. The monoisotopic (exact) mass is 234 g/mol. The Bertz CT molecular complexity index is 398. The number of carboxylic acid groups (broad SMARTS) is 1. The Hall–Kier alpha value is -1.51. The first-order chi connectivity index (χ1) is 8.25. The van der Waals surface area contributed by atoms with Gasteiger partial charge in [-0.3, -0.25) is 4.79 Å². The Morgan fingerprint density at radius 1 is 1.24 bits per heavy atom. The van der Waals surface area contributed by atoms with Crippen LogP contribution in [0.4, 0.5) is 0 Å². The van der Waals surface area contributed by atoms with Crippen molar-refractivity contribution in [2.45, 2.75) is 38.5 Å². The van der Waals surface area contributed by atoms with E-state index in [1.807, 2.05) is 6.07 Å². The number of carbonyl (C=O) groups is 1. The summed E-state index contributed by atoms with van der Waals surface area (Å²) >= 11 is 0. The Kier molecular flexibility index (Phi) is 4.02. The maximum absolute atomic E-state index is 10.3. The molecule has 3 heteroatoms. The van der Waals surface area contributed by atoms with E-state index in [2.05, 4.69) is 12.1 Å². The van der Waals surface area contributed by atoms with E-state index in [0.29, 0.717) is 13.0 Å². The molecule has 0 atom stereocenters. The highest BCUT2D eigenvalue weighted by Crippen LogP contribution is 2.25. The highest BCUT2D eigenvalue weighted by molar-refractivity contribution is 5.66. The molecule has 1 aliphatic carbocycles. The van der Waals surface area contributed by atoms with Crippen LogP contribution in [0.15, 0.2) is 18.2 Å². The number of benzene rings is 1. The molecule has 2 rings (SSSR count). The lowest BCUT2D eigenvalue weighted by atomic mass is 9.92. The lowest BCUT2D eigenvalue weighted by molar-refractivity contribution is -0.137. The Balaban J connectivity index is 1.86. The fourth-order valence-corrected chi connectivity index (χ4v) is 2.21. The van der Waals surface area contributed by atoms with Crippen LogP contribution in [0, 0.1) is 0 Å². The van der Waals surface area contributed by atoms with Gasteiger partial charge < -0.3 is 9.84 Å². The number of carboxylic acids is 1. The fourth-order valence-electron chi connectivity index (χ4n) is 2.21. The van der Waals surface area contributed by atoms with Gasteiger partial charge in [-0.2, -0.15) is 0 Å². The second-order valence-electron chi connectivity index (χ2n) is 4.48. The summed E-state index contributed by atoms with van der Waals surface area (Å²) in [6, 6.07) is 6.24. The first-order valence-electron chi connectivity index (χ1n) is 6.22. The molecule has 0 bridgehead atoms. The average Bonchev–Trinajstić information content (AvgIpc) is 2.34. The maximum atomic E-state index is 10.3. The van der Waals surface area contributed by atoms with E-state index >= 15 is 0 Å². The normalized spacial score (nSPS) is 14.1. The second-order valence-corrected chi connectivity index (χ2v) is 4.48. The van der Waals surface area contributed by atoms with Gasteiger partial charge in [-0.25, -0.2) is 0 Å². The van der Waals surface area contributed by atoms with Crippen molar-refractivity contribution >= 4 is 5.97 Å². The molecular weight excluding hydrogens is 216 g/mol. The number of hydrogen-bond acceptors (Lipinski definition) is 2. The third-order valence-corrected chi connectivity index (χ3v) is 3.12. The van der Waals surface area contributed by atoms with Crippen molar-refractivity contribution in [1.29, 1.82) is 0 Å². The summed E-state index contributed by atoms with van der Waals surface area (Å²) < 4.78 is 5.56. The molecule has 3 nitrogen and oxygen atoms in total. The number of rotatable bonds is 5. The van der Waals surface area contributed by atoms with Crippen LogP contribution < -0.4 is 4.74 Å². The molecule has 0 fully saturated rings. The van der Waals surface area contributed by atoms with Gasteiger partial charge in [0, 0.05) is 6.42 Å². The lowest BCUT2D eigenvalue weighted by Gasteiger charge is -2.16. The molecule has 0 spiro atoms. The highest BCUT2D eigenvalue weighted by atomic mass is 16.5. The predicted octanol–water partition coefficient (Wildman–Crippen LogP) is 2.81. The zero-order valence-corrected chi connectivity index (χ0v) is 9.95. The standard InChI is InChI=1S/C14H18O3/c15-14(16)6-3-9-17-13-8-7-11-4-1-2-5-12(11)10-13/h7-8,10H,1-6,9H2,(H,15,16). The molecule has 1 aromatic carbocycles. The van der Waals surface area contributed by atoms with Crippen molar-refractivity contribution in [1.82, 2.24) is 0 Å². The summed E-state index contributed by atoms with van der Waals surface area (Å²) in [5.41, 5.74) is 2.83. The molecule has 1 aliphatic rings. The Labute approximate surface area is 101 Å². The number of ether oxygens (including phenoxy) is 1. The SMILES string of the molecule is O=C(O)CCCOc1ccc2c(c1)CCCC2. The van der Waals surface area contributed by atoms with Crippen molar-refractivity contribution in [2.24, 2.45) is 0 Å². The molecule has 1 aromatic rings. The van der Waals surface area contributed by atoms with Crippen LogP contribution in [-0.4, -0.2) is 17.7 Å². The summed E-state index contributed by atoms with van der Waals surface area (Å²) in [4.78, 5) is 10.3. The topological polar surface area (TPSA) is 46.5 Å². The number of aliphatic carboxylic acids is 1. The van der Waals surface area contributed by atoms with Gasteiger partial charge in [0.15, 0.2) is 0 Å². The minimum atomic E-state index is -0.765. The minimum Gasteiger partial charge on any atom is -0.494 e. The summed E-state index contributed by atoms with van der Waals surface area (Å²) in [5.74, 6) is 0.107. The second kappa shape index (κ2) is 5.71. The van der Waals surface area contributed by atoms with Gasteiger partial charge in [-0.05, 0) is 55.4 Å². The summed E-state index contributed by atoms with van der Waals surface area (Å²) in [6.45, 7) is 0.477. The molecule has 0 aliphatic heterocycles. The molecule has 0 unspecified atom stereocenters. The van der Waals surface area contributed by atoms with E-state index in [4.69, 9.17) is 9.84 Å². The van der Waals surface area contributed by atoms with Crippen LogP contribution in [0.1, 0.15) is 36.8 Å². The lowest BCUT2D eigenvalue weighted by Crippen LogP contribution is -2.05. The predicted molar refractivity (Wildman–Crippen MR) is 65.4 cm³/mol. The van der Waals surface area contributed by atoms with E-state index < -0.39 is 5.97 Å². The molecule has 0 heterocycles. The first-order valence-corrected chi connectivity index (χ1v) is 6.22. The van der Waals surface area contributed by atoms with Crippen LogP contribution in [0.3, 0.4) is 0 Å².